The molecule has 0 bridgehead atoms. The van der Waals surface area contributed by atoms with Gasteiger partial charge in [-0.1, -0.05) is 37.6 Å². The van der Waals surface area contributed by atoms with E-state index >= 15 is 0 Å². The van der Waals surface area contributed by atoms with Crippen LogP contribution in [0.4, 0.5) is 0 Å². The van der Waals surface area contributed by atoms with Gasteiger partial charge in [-0.3, -0.25) is 4.79 Å². The maximum absolute atomic E-state index is 12.5. The molecule has 0 unspecified atom stereocenters. The number of carbonyl (C=O) groups excluding carboxylic acids is 1. The highest BCUT2D eigenvalue weighted by molar-refractivity contribution is 5.96. The Bertz CT molecular complexity index is 520. The summed E-state index contributed by atoms with van der Waals surface area (Å²) in [6.45, 7) is 4.71. The number of likely N-dealkylation sites (N-methyl/N-ethyl adjacent to an activating group) is 1. The summed E-state index contributed by atoms with van der Waals surface area (Å²) in [5, 5.41) is 3.09. The Hall–Kier alpha value is -1.81. The molecule has 1 N–H and O–H groups in total. The number of hydrogen-bond acceptors (Lipinski definition) is 3. The van der Waals surface area contributed by atoms with Crippen molar-refractivity contribution in [3.63, 3.8) is 0 Å². The van der Waals surface area contributed by atoms with Gasteiger partial charge in [-0.25, -0.2) is 0 Å². The van der Waals surface area contributed by atoms with E-state index in [-0.39, 0.29) is 11.4 Å². The molecule has 1 aliphatic carbocycles. The first-order valence-corrected chi connectivity index (χ1v) is 7.87. The molecule has 0 heterocycles. The third kappa shape index (κ3) is 3.69. The summed E-state index contributed by atoms with van der Waals surface area (Å²) in [4.78, 5) is 14.8. The zero-order valence-corrected chi connectivity index (χ0v) is 13.6. The van der Waals surface area contributed by atoms with Crippen LogP contribution in [0.1, 0.15) is 36.0 Å². The van der Waals surface area contributed by atoms with Crippen LogP contribution >= 0.6 is 0 Å². The zero-order valence-electron chi connectivity index (χ0n) is 13.6. The highest BCUT2D eigenvalue weighted by atomic mass is 16.5. The average Bonchev–Trinajstić information content (AvgIpc) is 3.01. The van der Waals surface area contributed by atoms with Crippen LogP contribution in [0.3, 0.4) is 0 Å². The lowest BCUT2D eigenvalue weighted by Gasteiger charge is -2.36. The minimum Gasteiger partial charge on any atom is -0.489 e. The fourth-order valence-corrected chi connectivity index (χ4v) is 3.08. The quantitative estimate of drug-likeness (QED) is 0.788. The molecule has 1 aromatic rings. The van der Waals surface area contributed by atoms with Gasteiger partial charge >= 0.3 is 0 Å². The van der Waals surface area contributed by atoms with Crippen molar-refractivity contribution < 1.29 is 9.53 Å². The number of carbonyl (C=O) groups is 1. The average molecular weight is 302 g/mol. The zero-order chi connectivity index (χ0) is 16.0. The number of ether oxygens (including phenoxy) is 1. The van der Waals surface area contributed by atoms with Crippen LogP contribution in [-0.2, 0) is 0 Å². The standard InChI is InChI=1S/C18H26N2O2/c1-4-13-22-16-10-6-5-9-15(16)17(21)19-14-18(20(2)3)11-7-8-12-18/h4-6,9-10H,1,7-8,11-14H2,2-3H3,(H,19,21). The molecule has 1 aromatic carbocycles. The molecule has 120 valence electrons. The first kappa shape index (κ1) is 16.6. The van der Waals surface area contributed by atoms with Crippen LogP contribution in [0.25, 0.3) is 0 Å². The van der Waals surface area contributed by atoms with Crippen LogP contribution in [-0.4, -0.2) is 43.6 Å². The Kier molecular flexibility index (Phi) is 5.61. The first-order chi connectivity index (χ1) is 10.6. The summed E-state index contributed by atoms with van der Waals surface area (Å²) in [6.07, 6.45) is 6.40. The van der Waals surface area contributed by atoms with Gasteiger partial charge in [0.25, 0.3) is 5.91 Å². The molecular weight excluding hydrogens is 276 g/mol. The van der Waals surface area contributed by atoms with Crippen molar-refractivity contribution >= 4 is 5.91 Å². The summed E-state index contributed by atoms with van der Waals surface area (Å²) >= 11 is 0. The molecule has 4 nitrogen and oxygen atoms in total. The molecule has 1 aliphatic rings. The number of hydrogen-bond donors (Lipinski definition) is 1. The van der Waals surface area contributed by atoms with Gasteiger partial charge in [-0.15, -0.1) is 0 Å². The van der Waals surface area contributed by atoms with Gasteiger partial charge in [0.05, 0.1) is 5.56 Å². The minimum absolute atomic E-state index is 0.0761. The molecule has 0 aliphatic heterocycles. The third-order valence-electron chi connectivity index (χ3n) is 4.55. The van der Waals surface area contributed by atoms with E-state index in [1.165, 1.54) is 12.8 Å². The second kappa shape index (κ2) is 7.45. The number of nitrogens with one attached hydrogen (secondary N) is 1. The normalized spacial score (nSPS) is 16.5. The maximum atomic E-state index is 12.5. The Balaban J connectivity index is 2.04. The van der Waals surface area contributed by atoms with E-state index in [0.29, 0.717) is 24.5 Å². The highest BCUT2D eigenvalue weighted by Crippen LogP contribution is 2.33. The van der Waals surface area contributed by atoms with Crippen molar-refractivity contribution in [2.75, 3.05) is 27.2 Å². The van der Waals surface area contributed by atoms with Crippen LogP contribution in [0.5, 0.6) is 5.75 Å². The van der Waals surface area contributed by atoms with E-state index < -0.39 is 0 Å². The van der Waals surface area contributed by atoms with Crippen molar-refractivity contribution in [1.29, 1.82) is 0 Å². The van der Waals surface area contributed by atoms with E-state index in [1.54, 1.807) is 12.1 Å². The molecule has 2 rings (SSSR count). The van der Waals surface area contributed by atoms with E-state index in [9.17, 15) is 4.79 Å². The van der Waals surface area contributed by atoms with Crippen LogP contribution < -0.4 is 10.1 Å². The molecule has 1 amide bonds. The number of amides is 1. The Morgan fingerprint density at radius 2 is 2.05 bits per heavy atom. The minimum atomic E-state index is -0.0761. The second-order valence-corrected chi connectivity index (χ2v) is 6.10. The van der Waals surface area contributed by atoms with Gasteiger partial charge in [-0.05, 0) is 39.1 Å². The molecule has 1 saturated carbocycles. The van der Waals surface area contributed by atoms with E-state index in [0.717, 1.165) is 12.8 Å². The summed E-state index contributed by atoms with van der Waals surface area (Å²) in [5.74, 6) is 0.526. The lowest BCUT2D eigenvalue weighted by molar-refractivity contribution is 0.0896. The van der Waals surface area contributed by atoms with Gasteiger partial charge in [0.2, 0.25) is 0 Å². The lowest BCUT2D eigenvalue weighted by atomic mass is 9.96. The van der Waals surface area contributed by atoms with Crippen LogP contribution in [0.2, 0.25) is 0 Å². The molecule has 22 heavy (non-hydrogen) atoms. The monoisotopic (exact) mass is 302 g/mol. The molecule has 1 fully saturated rings. The van der Waals surface area contributed by atoms with Gasteiger partial charge in [0, 0.05) is 12.1 Å². The smallest absolute Gasteiger partial charge is 0.255 e. The molecule has 4 heteroatoms. The predicted octanol–water partition coefficient (Wildman–Crippen LogP) is 2.86. The van der Waals surface area contributed by atoms with Gasteiger partial charge in [0.15, 0.2) is 0 Å². The summed E-state index contributed by atoms with van der Waals surface area (Å²) in [6, 6.07) is 7.33. The molecule has 0 spiro atoms. The third-order valence-corrected chi connectivity index (χ3v) is 4.55. The van der Waals surface area contributed by atoms with Crippen molar-refractivity contribution in [2.24, 2.45) is 0 Å². The topological polar surface area (TPSA) is 41.6 Å². The van der Waals surface area contributed by atoms with E-state index in [1.807, 2.05) is 18.2 Å². The fraction of sp³-hybridized carbons (Fsp3) is 0.500. The van der Waals surface area contributed by atoms with Crippen molar-refractivity contribution in [3.05, 3.63) is 42.5 Å². The SMILES string of the molecule is C=CCOc1ccccc1C(=O)NCC1(N(C)C)CCCC1. The van der Waals surface area contributed by atoms with Crippen molar-refractivity contribution in [3.8, 4) is 5.75 Å². The molecule has 0 saturated heterocycles. The summed E-state index contributed by atoms with van der Waals surface area (Å²) < 4.78 is 5.56. The maximum Gasteiger partial charge on any atom is 0.255 e. The van der Waals surface area contributed by atoms with Gasteiger partial charge in [0.1, 0.15) is 12.4 Å². The second-order valence-electron chi connectivity index (χ2n) is 6.10. The van der Waals surface area contributed by atoms with Crippen molar-refractivity contribution in [1.82, 2.24) is 10.2 Å². The number of benzene rings is 1. The molecule has 0 radical (unpaired) electrons. The lowest BCUT2D eigenvalue weighted by Crippen LogP contribution is -2.50. The fourth-order valence-electron chi connectivity index (χ4n) is 3.08. The molecular formula is C18H26N2O2. The summed E-state index contributed by atoms with van der Waals surface area (Å²) in [7, 11) is 4.19. The summed E-state index contributed by atoms with van der Waals surface area (Å²) in [5.41, 5.74) is 0.670. The Morgan fingerprint density at radius 1 is 1.36 bits per heavy atom. The highest BCUT2D eigenvalue weighted by Gasteiger charge is 2.36. The number of rotatable bonds is 7. The van der Waals surface area contributed by atoms with Crippen molar-refractivity contribution in [2.45, 2.75) is 31.2 Å². The number of nitrogens with zero attached hydrogens (tertiary/aromatic N) is 1. The van der Waals surface area contributed by atoms with Crippen LogP contribution in [0.15, 0.2) is 36.9 Å². The predicted molar refractivity (Wildman–Crippen MR) is 89.4 cm³/mol. The van der Waals surface area contributed by atoms with Crippen LogP contribution in [0, 0.1) is 0 Å². The van der Waals surface area contributed by atoms with E-state index in [2.05, 4.69) is 30.9 Å². The van der Waals surface area contributed by atoms with Gasteiger partial charge < -0.3 is 15.0 Å². The Morgan fingerprint density at radius 3 is 2.68 bits per heavy atom. The molecule has 0 aromatic heterocycles. The largest absolute Gasteiger partial charge is 0.489 e. The Labute approximate surface area is 133 Å². The molecule has 0 atom stereocenters. The van der Waals surface area contributed by atoms with Gasteiger partial charge in [-0.2, -0.15) is 0 Å². The first-order valence-electron chi connectivity index (χ1n) is 7.87. The number of para-hydroxylation sites is 1. The van der Waals surface area contributed by atoms with E-state index in [4.69, 9.17) is 4.74 Å².